The summed E-state index contributed by atoms with van der Waals surface area (Å²) in [6, 6.07) is 16.0. The Balaban J connectivity index is 1.45. The first-order chi connectivity index (χ1) is 12.6. The van der Waals surface area contributed by atoms with Crippen molar-refractivity contribution in [1.82, 2.24) is 10.2 Å². The molecule has 134 valence electrons. The van der Waals surface area contributed by atoms with Crippen LogP contribution in [0.2, 0.25) is 0 Å². The second-order valence-electron chi connectivity index (χ2n) is 7.12. The van der Waals surface area contributed by atoms with Crippen LogP contribution in [0.25, 0.3) is 0 Å². The zero-order valence-corrected chi connectivity index (χ0v) is 16.6. The van der Waals surface area contributed by atoms with E-state index in [1.165, 1.54) is 0 Å². The molecule has 2 aromatic carbocycles. The molecule has 4 rings (SSSR count). The SMILES string of the molecule is O=C(NC1CC1)c1ccc(CN(C(=O)c2ccc(I)cc2)C2CC2)cc1. The van der Waals surface area contributed by atoms with Gasteiger partial charge >= 0.3 is 0 Å². The summed E-state index contributed by atoms with van der Waals surface area (Å²) in [5.74, 6) is 0.0764. The fraction of sp³-hybridized carbons (Fsp3) is 0.333. The maximum atomic E-state index is 12.9. The third-order valence-electron chi connectivity index (χ3n) is 4.82. The average molecular weight is 460 g/mol. The Bertz CT molecular complexity index is 809. The van der Waals surface area contributed by atoms with E-state index in [1.54, 1.807) is 0 Å². The van der Waals surface area contributed by atoms with Crippen LogP contribution in [-0.4, -0.2) is 28.8 Å². The molecule has 26 heavy (non-hydrogen) atoms. The Morgan fingerprint density at radius 1 is 0.923 bits per heavy atom. The van der Waals surface area contributed by atoms with Gasteiger partial charge in [0, 0.05) is 33.3 Å². The van der Waals surface area contributed by atoms with Gasteiger partial charge < -0.3 is 10.2 Å². The molecule has 0 spiro atoms. The number of hydrogen-bond acceptors (Lipinski definition) is 2. The Labute approximate surface area is 167 Å². The number of amides is 2. The van der Waals surface area contributed by atoms with Crippen LogP contribution in [0.3, 0.4) is 0 Å². The summed E-state index contributed by atoms with van der Waals surface area (Å²) in [6.07, 6.45) is 4.30. The number of rotatable bonds is 6. The second-order valence-corrected chi connectivity index (χ2v) is 8.36. The molecule has 2 amide bonds. The van der Waals surface area contributed by atoms with Crippen molar-refractivity contribution in [2.45, 2.75) is 44.3 Å². The highest BCUT2D eigenvalue weighted by atomic mass is 127. The molecule has 0 aromatic heterocycles. The molecule has 2 aliphatic rings. The molecule has 2 aliphatic carbocycles. The molecule has 2 saturated carbocycles. The van der Waals surface area contributed by atoms with Crippen molar-refractivity contribution < 1.29 is 9.59 Å². The van der Waals surface area contributed by atoms with Crippen molar-refractivity contribution in [3.63, 3.8) is 0 Å². The van der Waals surface area contributed by atoms with Gasteiger partial charge in [-0.2, -0.15) is 0 Å². The highest BCUT2D eigenvalue weighted by Gasteiger charge is 2.33. The number of hydrogen-bond donors (Lipinski definition) is 1. The Morgan fingerprint density at radius 3 is 2.12 bits per heavy atom. The molecule has 0 atom stereocenters. The van der Waals surface area contributed by atoms with Crippen molar-refractivity contribution in [2.75, 3.05) is 0 Å². The lowest BCUT2D eigenvalue weighted by molar-refractivity contribution is 0.0729. The van der Waals surface area contributed by atoms with Gasteiger partial charge in [0.15, 0.2) is 0 Å². The van der Waals surface area contributed by atoms with Crippen molar-refractivity contribution in [3.8, 4) is 0 Å². The minimum atomic E-state index is -0.00642. The molecule has 0 aliphatic heterocycles. The number of benzene rings is 2. The predicted molar refractivity (Wildman–Crippen MR) is 109 cm³/mol. The Morgan fingerprint density at radius 2 is 1.54 bits per heavy atom. The molecular formula is C21H21IN2O2. The van der Waals surface area contributed by atoms with Crippen molar-refractivity contribution >= 4 is 34.4 Å². The molecule has 2 fully saturated rings. The van der Waals surface area contributed by atoms with E-state index in [1.807, 2.05) is 53.4 Å². The second kappa shape index (κ2) is 7.39. The lowest BCUT2D eigenvalue weighted by Crippen LogP contribution is -2.32. The van der Waals surface area contributed by atoms with E-state index < -0.39 is 0 Å². The lowest BCUT2D eigenvalue weighted by atomic mass is 10.1. The van der Waals surface area contributed by atoms with Gasteiger partial charge in [-0.1, -0.05) is 12.1 Å². The number of nitrogens with one attached hydrogen (secondary N) is 1. The third-order valence-corrected chi connectivity index (χ3v) is 5.54. The van der Waals surface area contributed by atoms with Crippen LogP contribution >= 0.6 is 22.6 Å². The quantitative estimate of drug-likeness (QED) is 0.663. The van der Waals surface area contributed by atoms with E-state index in [-0.39, 0.29) is 11.8 Å². The zero-order valence-electron chi connectivity index (χ0n) is 14.5. The average Bonchev–Trinajstić information content (AvgIpc) is 3.54. The van der Waals surface area contributed by atoms with Crippen molar-refractivity contribution in [1.29, 1.82) is 0 Å². The predicted octanol–water partition coefficient (Wildman–Crippen LogP) is 3.99. The van der Waals surface area contributed by atoms with Crippen LogP contribution in [0.1, 0.15) is 52.0 Å². The van der Waals surface area contributed by atoms with Gasteiger partial charge in [0.05, 0.1) is 0 Å². The highest BCUT2D eigenvalue weighted by molar-refractivity contribution is 14.1. The summed E-state index contributed by atoms with van der Waals surface area (Å²) in [6.45, 7) is 0.583. The lowest BCUT2D eigenvalue weighted by Gasteiger charge is -2.23. The molecule has 0 radical (unpaired) electrons. The fourth-order valence-corrected chi connectivity index (χ4v) is 3.33. The molecule has 5 heteroatoms. The molecule has 4 nitrogen and oxygen atoms in total. The van der Waals surface area contributed by atoms with Crippen LogP contribution in [0, 0.1) is 3.57 Å². The third kappa shape index (κ3) is 4.26. The van der Waals surface area contributed by atoms with Gasteiger partial charge in [-0.15, -0.1) is 0 Å². The van der Waals surface area contributed by atoms with Crippen LogP contribution in [0.15, 0.2) is 48.5 Å². The van der Waals surface area contributed by atoms with Crippen molar-refractivity contribution in [3.05, 3.63) is 68.8 Å². The molecule has 0 saturated heterocycles. The van der Waals surface area contributed by atoms with Crippen LogP contribution in [-0.2, 0) is 6.54 Å². The van der Waals surface area contributed by atoms with Gasteiger partial charge in [-0.05, 0) is 90.2 Å². The van der Waals surface area contributed by atoms with E-state index in [2.05, 4.69) is 27.9 Å². The first-order valence-electron chi connectivity index (χ1n) is 9.06. The normalized spacial score (nSPS) is 16.2. The minimum absolute atomic E-state index is 0.00642. The van der Waals surface area contributed by atoms with E-state index in [0.29, 0.717) is 24.2 Å². The highest BCUT2D eigenvalue weighted by Crippen LogP contribution is 2.30. The van der Waals surface area contributed by atoms with E-state index in [0.717, 1.165) is 40.4 Å². The van der Waals surface area contributed by atoms with E-state index in [4.69, 9.17) is 0 Å². The monoisotopic (exact) mass is 460 g/mol. The van der Waals surface area contributed by atoms with Crippen LogP contribution < -0.4 is 5.32 Å². The van der Waals surface area contributed by atoms with Gasteiger partial charge in [0.2, 0.25) is 0 Å². The standard InChI is InChI=1S/C21H21IN2O2/c22-17-7-5-16(6-8-17)21(26)24(19-11-12-19)13-14-1-3-15(4-2-14)20(25)23-18-9-10-18/h1-8,18-19H,9-13H2,(H,23,25). The number of nitrogens with zero attached hydrogens (tertiary/aromatic N) is 1. The molecule has 0 bridgehead atoms. The van der Waals surface area contributed by atoms with Crippen LogP contribution in [0.4, 0.5) is 0 Å². The first-order valence-corrected chi connectivity index (χ1v) is 10.1. The smallest absolute Gasteiger partial charge is 0.254 e. The molecule has 0 unspecified atom stereocenters. The molecule has 0 heterocycles. The number of carbonyl (C=O) groups excluding carboxylic acids is 2. The summed E-state index contributed by atoms with van der Waals surface area (Å²) in [5, 5.41) is 3.00. The summed E-state index contributed by atoms with van der Waals surface area (Å²) in [7, 11) is 0. The minimum Gasteiger partial charge on any atom is -0.349 e. The summed E-state index contributed by atoms with van der Waals surface area (Å²) < 4.78 is 1.12. The Hall–Kier alpha value is -1.89. The Kier molecular flexibility index (Phi) is 4.98. The van der Waals surface area contributed by atoms with E-state index in [9.17, 15) is 9.59 Å². The molecular weight excluding hydrogens is 439 g/mol. The summed E-state index contributed by atoms with van der Waals surface area (Å²) in [5.41, 5.74) is 2.47. The van der Waals surface area contributed by atoms with Gasteiger partial charge in [0.25, 0.3) is 11.8 Å². The number of halogens is 1. The maximum Gasteiger partial charge on any atom is 0.254 e. The fourth-order valence-electron chi connectivity index (χ4n) is 2.97. The van der Waals surface area contributed by atoms with Crippen LogP contribution in [0.5, 0.6) is 0 Å². The van der Waals surface area contributed by atoms with Gasteiger partial charge in [0.1, 0.15) is 0 Å². The zero-order chi connectivity index (χ0) is 18.1. The molecule has 2 aromatic rings. The topological polar surface area (TPSA) is 49.4 Å². The molecule has 1 N–H and O–H groups in total. The largest absolute Gasteiger partial charge is 0.349 e. The van der Waals surface area contributed by atoms with Gasteiger partial charge in [-0.3, -0.25) is 9.59 Å². The first kappa shape index (κ1) is 17.5. The summed E-state index contributed by atoms with van der Waals surface area (Å²) >= 11 is 2.24. The number of carbonyl (C=O) groups is 2. The van der Waals surface area contributed by atoms with Crippen molar-refractivity contribution in [2.24, 2.45) is 0 Å². The van der Waals surface area contributed by atoms with Gasteiger partial charge in [-0.25, -0.2) is 0 Å². The van der Waals surface area contributed by atoms with E-state index >= 15 is 0 Å². The summed E-state index contributed by atoms with van der Waals surface area (Å²) in [4.78, 5) is 27.0. The maximum absolute atomic E-state index is 12.9.